The number of esters is 1. The minimum Gasteiger partial charge on any atom is -0.457 e. The second-order valence-corrected chi connectivity index (χ2v) is 6.53. The van der Waals surface area contributed by atoms with Crippen molar-refractivity contribution in [2.75, 3.05) is 13.2 Å². The fraction of sp³-hybridized carbons (Fsp3) is 0.417. The summed E-state index contributed by atoms with van der Waals surface area (Å²) in [6, 6.07) is 2.13. The van der Waals surface area contributed by atoms with E-state index in [0.717, 1.165) is 12.1 Å². The number of nitrogens with two attached hydrogens (primary N) is 1. The zero-order valence-electron chi connectivity index (χ0n) is 11.4. The van der Waals surface area contributed by atoms with Gasteiger partial charge in [0.05, 0.1) is 22.2 Å². The van der Waals surface area contributed by atoms with E-state index < -0.39 is 27.0 Å². The summed E-state index contributed by atoms with van der Waals surface area (Å²) in [4.78, 5) is 11.6. The number of benzene rings is 1. The van der Waals surface area contributed by atoms with Gasteiger partial charge >= 0.3 is 5.97 Å². The van der Waals surface area contributed by atoms with Crippen LogP contribution in [-0.4, -0.2) is 33.7 Å². The lowest BCUT2D eigenvalue weighted by Crippen LogP contribution is -2.21. The Balaban J connectivity index is 3.05. The van der Waals surface area contributed by atoms with Gasteiger partial charge in [0, 0.05) is 6.61 Å². The Kier molecular flexibility index (Phi) is 6.42. The van der Waals surface area contributed by atoms with Crippen LogP contribution in [0, 0.1) is 0 Å². The van der Waals surface area contributed by atoms with E-state index in [4.69, 9.17) is 37.8 Å². The molecule has 0 aliphatic rings. The van der Waals surface area contributed by atoms with Gasteiger partial charge in [-0.2, -0.15) is 0 Å². The predicted octanol–water partition coefficient (Wildman–Crippen LogP) is 2.22. The molecule has 1 aromatic rings. The average Bonchev–Trinajstić information content (AvgIpc) is 2.34. The first-order chi connectivity index (χ1) is 9.66. The zero-order chi connectivity index (χ0) is 16.2. The minimum atomic E-state index is -4.07. The molecule has 1 aromatic carbocycles. The van der Waals surface area contributed by atoms with Gasteiger partial charge in [-0.25, -0.2) is 18.4 Å². The van der Waals surface area contributed by atoms with Crippen LogP contribution in [0.4, 0.5) is 0 Å². The summed E-state index contributed by atoms with van der Waals surface area (Å²) in [7, 11) is -4.07. The third-order valence-electron chi connectivity index (χ3n) is 2.41. The lowest BCUT2D eigenvalue weighted by atomic mass is 10.2. The second-order valence-electron chi connectivity index (χ2n) is 4.18. The molecule has 0 amide bonds. The quantitative estimate of drug-likeness (QED) is 0.789. The number of ether oxygens (including phenoxy) is 2. The molecule has 0 saturated heterocycles. The molecule has 0 heterocycles. The van der Waals surface area contributed by atoms with Crippen molar-refractivity contribution >= 4 is 39.2 Å². The number of rotatable bonds is 6. The number of halogens is 2. The normalized spacial score (nSPS) is 13.0. The van der Waals surface area contributed by atoms with Crippen LogP contribution in [0.2, 0.25) is 10.0 Å². The first-order valence-electron chi connectivity index (χ1n) is 5.97. The molecule has 118 valence electrons. The first kappa shape index (κ1) is 18.2. The molecule has 0 bridgehead atoms. The molecule has 0 spiro atoms. The van der Waals surface area contributed by atoms with Gasteiger partial charge in [0.15, 0.2) is 0 Å². The van der Waals surface area contributed by atoms with Crippen LogP contribution < -0.4 is 5.14 Å². The highest BCUT2D eigenvalue weighted by molar-refractivity contribution is 7.89. The number of carbonyl (C=O) groups is 1. The Hall–Kier alpha value is -0.860. The number of hydrogen-bond donors (Lipinski definition) is 1. The third kappa shape index (κ3) is 5.12. The van der Waals surface area contributed by atoms with E-state index in [0.29, 0.717) is 6.61 Å². The standard InChI is InChI=1S/C12H15Cl2NO5S/c1-3-19-6-7(2)20-12(16)8-4-11(21(15,17)18)10(14)5-9(8)13/h4-5,7H,3,6H2,1-2H3,(H2,15,17,18). The van der Waals surface area contributed by atoms with Crippen LogP contribution in [0.1, 0.15) is 24.2 Å². The molecule has 6 nitrogen and oxygen atoms in total. The van der Waals surface area contributed by atoms with Gasteiger partial charge in [0.25, 0.3) is 0 Å². The smallest absolute Gasteiger partial charge is 0.340 e. The summed E-state index contributed by atoms with van der Waals surface area (Å²) in [6.07, 6.45) is -0.512. The summed E-state index contributed by atoms with van der Waals surface area (Å²) in [5.74, 6) is -0.784. The first-order valence-corrected chi connectivity index (χ1v) is 8.27. The number of sulfonamides is 1. The van der Waals surface area contributed by atoms with Crippen LogP contribution in [0.25, 0.3) is 0 Å². The third-order valence-corrected chi connectivity index (χ3v) is 4.10. The van der Waals surface area contributed by atoms with Gasteiger partial charge in [-0.3, -0.25) is 0 Å². The average molecular weight is 356 g/mol. The van der Waals surface area contributed by atoms with E-state index in [9.17, 15) is 13.2 Å². The van der Waals surface area contributed by atoms with Gasteiger partial charge in [-0.05, 0) is 26.0 Å². The molecule has 0 aliphatic carbocycles. The van der Waals surface area contributed by atoms with Crippen molar-refractivity contribution < 1.29 is 22.7 Å². The molecule has 2 N–H and O–H groups in total. The van der Waals surface area contributed by atoms with Crippen molar-refractivity contribution in [3.05, 3.63) is 27.7 Å². The SMILES string of the molecule is CCOCC(C)OC(=O)c1cc(S(N)(=O)=O)c(Cl)cc1Cl. The van der Waals surface area contributed by atoms with E-state index in [1.165, 1.54) is 0 Å². The molecule has 0 fully saturated rings. The van der Waals surface area contributed by atoms with Gasteiger partial charge in [-0.15, -0.1) is 0 Å². The number of primary sulfonamides is 1. The molecule has 1 atom stereocenters. The van der Waals surface area contributed by atoms with E-state index >= 15 is 0 Å². The summed E-state index contributed by atoms with van der Waals surface area (Å²) in [6.45, 7) is 4.15. The van der Waals surface area contributed by atoms with Crippen molar-refractivity contribution in [1.82, 2.24) is 0 Å². The zero-order valence-corrected chi connectivity index (χ0v) is 13.8. The fourth-order valence-corrected chi connectivity index (χ4v) is 2.86. The molecular formula is C12H15Cl2NO5S. The Labute approximate surface area is 133 Å². The van der Waals surface area contributed by atoms with E-state index in [1.807, 2.05) is 6.92 Å². The minimum absolute atomic E-state index is 0.0268. The summed E-state index contributed by atoms with van der Waals surface area (Å²) in [5, 5.41) is 4.82. The highest BCUT2D eigenvalue weighted by atomic mass is 35.5. The topological polar surface area (TPSA) is 95.7 Å². The Morgan fingerprint density at radius 2 is 1.95 bits per heavy atom. The van der Waals surface area contributed by atoms with Crippen LogP contribution >= 0.6 is 23.2 Å². The molecular weight excluding hydrogens is 341 g/mol. The van der Waals surface area contributed by atoms with Crippen molar-refractivity contribution in [2.45, 2.75) is 24.8 Å². The van der Waals surface area contributed by atoms with E-state index in [1.54, 1.807) is 6.92 Å². The van der Waals surface area contributed by atoms with E-state index in [-0.39, 0.29) is 22.2 Å². The molecule has 0 aliphatic heterocycles. The lowest BCUT2D eigenvalue weighted by molar-refractivity contribution is 0.00439. The summed E-state index contributed by atoms with van der Waals surface area (Å²) < 4.78 is 33.0. The largest absolute Gasteiger partial charge is 0.457 e. The number of carbonyl (C=O) groups excluding carboxylic acids is 1. The monoisotopic (exact) mass is 355 g/mol. The Morgan fingerprint density at radius 3 is 2.48 bits per heavy atom. The van der Waals surface area contributed by atoms with Crippen LogP contribution in [-0.2, 0) is 19.5 Å². The van der Waals surface area contributed by atoms with Crippen molar-refractivity contribution in [3.63, 3.8) is 0 Å². The van der Waals surface area contributed by atoms with E-state index in [2.05, 4.69) is 0 Å². The summed E-state index contributed by atoms with van der Waals surface area (Å²) >= 11 is 11.6. The maximum atomic E-state index is 12.0. The van der Waals surface area contributed by atoms with Crippen LogP contribution in [0.15, 0.2) is 17.0 Å². The Bertz CT molecular complexity index is 633. The molecule has 21 heavy (non-hydrogen) atoms. The van der Waals surface area contributed by atoms with Gasteiger partial charge < -0.3 is 9.47 Å². The van der Waals surface area contributed by atoms with Crippen molar-refractivity contribution in [3.8, 4) is 0 Å². The summed E-state index contributed by atoms with van der Waals surface area (Å²) in [5.41, 5.74) is -0.131. The second kappa shape index (κ2) is 7.42. The van der Waals surface area contributed by atoms with Gasteiger partial charge in [-0.1, -0.05) is 23.2 Å². The molecule has 9 heteroatoms. The van der Waals surface area contributed by atoms with Crippen molar-refractivity contribution in [1.29, 1.82) is 0 Å². The Morgan fingerprint density at radius 1 is 1.33 bits per heavy atom. The van der Waals surface area contributed by atoms with Crippen LogP contribution in [0.3, 0.4) is 0 Å². The maximum absolute atomic E-state index is 12.0. The molecule has 0 radical (unpaired) electrons. The van der Waals surface area contributed by atoms with Gasteiger partial charge in [0.2, 0.25) is 10.0 Å². The molecule has 1 unspecified atom stereocenters. The van der Waals surface area contributed by atoms with Gasteiger partial charge in [0.1, 0.15) is 11.0 Å². The maximum Gasteiger partial charge on any atom is 0.340 e. The molecule has 0 aromatic heterocycles. The van der Waals surface area contributed by atoms with Crippen LogP contribution in [0.5, 0.6) is 0 Å². The highest BCUT2D eigenvalue weighted by Crippen LogP contribution is 2.28. The van der Waals surface area contributed by atoms with Crippen molar-refractivity contribution in [2.24, 2.45) is 5.14 Å². The molecule has 1 rings (SSSR count). The predicted molar refractivity (Wildman–Crippen MR) is 79.2 cm³/mol. The highest BCUT2D eigenvalue weighted by Gasteiger charge is 2.22. The lowest BCUT2D eigenvalue weighted by Gasteiger charge is -2.14. The molecule has 0 saturated carbocycles. The number of hydrogen-bond acceptors (Lipinski definition) is 5. The fourth-order valence-electron chi connectivity index (χ4n) is 1.47.